The zero-order valence-corrected chi connectivity index (χ0v) is 12.4. The molecule has 1 nitrogen and oxygen atoms in total. The summed E-state index contributed by atoms with van der Waals surface area (Å²) in [6.07, 6.45) is 6.55. The average molecular weight is 286 g/mol. The van der Waals surface area contributed by atoms with Crippen molar-refractivity contribution in [2.45, 2.75) is 37.5 Å². The number of benzene rings is 1. The third-order valence-corrected chi connectivity index (χ3v) is 5.80. The minimum Gasteiger partial charge on any atom is -0.253 e. The molecule has 20 heavy (non-hydrogen) atoms. The summed E-state index contributed by atoms with van der Waals surface area (Å²) in [6, 6.07) is 12.6. The SMILES string of the molecule is ClC(Cc1ccc2ccccc2n1)C1CC2CCC1C2. The molecule has 2 heteroatoms. The molecular formula is C18H20ClN. The van der Waals surface area contributed by atoms with Gasteiger partial charge in [-0.15, -0.1) is 11.6 Å². The van der Waals surface area contributed by atoms with Crippen LogP contribution in [0.4, 0.5) is 0 Å². The van der Waals surface area contributed by atoms with Crippen molar-refractivity contribution in [3.63, 3.8) is 0 Å². The molecule has 2 aliphatic rings. The van der Waals surface area contributed by atoms with Crippen LogP contribution in [0.25, 0.3) is 10.9 Å². The molecule has 0 radical (unpaired) electrons. The standard InChI is InChI=1S/C18H20ClN/c19-17(16-10-12-5-6-14(16)9-12)11-15-8-7-13-3-1-2-4-18(13)20-15/h1-4,7-8,12,14,16-17H,5-6,9-11H2. The molecule has 2 bridgehead atoms. The smallest absolute Gasteiger partial charge is 0.0705 e. The molecule has 4 atom stereocenters. The van der Waals surface area contributed by atoms with Crippen LogP contribution in [0.3, 0.4) is 0 Å². The topological polar surface area (TPSA) is 12.9 Å². The Balaban J connectivity index is 1.52. The van der Waals surface area contributed by atoms with Crippen molar-refractivity contribution in [1.29, 1.82) is 0 Å². The van der Waals surface area contributed by atoms with Crippen LogP contribution in [-0.2, 0) is 6.42 Å². The Morgan fingerprint density at radius 1 is 1.10 bits per heavy atom. The highest BCUT2D eigenvalue weighted by Gasteiger charge is 2.42. The lowest BCUT2D eigenvalue weighted by Crippen LogP contribution is -2.23. The highest BCUT2D eigenvalue weighted by Crippen LogP contribution is 2.50. The summed E-state index contributed by atoms with van der Waals surface area (Å²) >= 11 is 6.73. The largest absolute Gasteiger partial charge is 0.253 e. The van der Waals surface area contributed by atoms with Gasteiger partial charge in [0.15, 0.2) is 0 Å². The Morgan fingerprint density at radius 2 is 2.00 bits per heavy atom. The summed E-state index contributed by atoms with van der Waals surface area (Å²) < 4.78 is 0. The number of rotatable bonds is 3. The first-order valence-electron chi connectivity index (χ1n) is 7.78. The van der Waals surface area contributed by atoms with Gasteiger partial charge in [-0.05, 0) is 49.1 Å². The molecule has 2 saturated carbocycles. The maximum absolute atomic E-state index is 6.73. The van der Waals surface area contributed by atoms with Crippen LogP contribution in [0.1, 0.15) is 31.4 Å². The first-order valence-corrected chi connectivity index (χ1v) is 8.22. The van der Waals surface area contributed by atoms with E-state index in [-0.39, 0.29) is 5.38 Å². The van der Waals surface area contributed by atoms with E-state index in [1.54, 1.807) is 0 Å². The van der Waals surface area contributed by atoms with Crippen molar-refractivity contribution in [2.24, 2.45) is 17.8 Å². The maximum atomic E-state index is 6.73. The third kappa shape index (κ3) is 2.22. The predicted octanol–water partition coefficient (Wildman–Crippen LogP) is 4.82. The van der Waals surface area contributed by atoms with Gasteiger partial charge in [0.25, 0.3) is 0 Å². The highest BCUT2D eigenvalue weighted by molar-refractivity contribution is 6.21. The molecule has 4 unspecified atom stereocenters. The van der Waals surface area contributed by atoms with Crippen LogP contribution in [-0.4, -0.2) is 10.4 Å². The van der Waals surface area contributed by atoms with Crippen LogP contribution in [0.2, 0.25) is 0 Å². The molecular weight excluding hydrogens is 266 g/mol. The van der Waals surface area contributed by atoms with Gasteiger partial charge < -0.3 is 0 Å². The molecule has 2 fully saturated rings. The van der Waals surface area contributed by atoms with Crippen molar-refractivity contribution >= 4 is 22.5 Å². The summed E-state index contributed by atoms with van der Waals surface area (Å²) in [6.45, 7) is 0. The van der Waals surface area contributed by atoms with E-state index in [0.717, 1.165) is 35.4 Å². The lowest BCUT2D eigenvalue weighted by atomic mass is 9.85. The molecule has 0 N–H and O–H groups in total. The van der Waals surface area contributed by atoms with E-state index >= 15 is 0 Å². The first-order chi connectivity index (χ1) is 9.79. The maximum Gasteiger partial charge on any atom is 0.0705 e. The number of hydrogen-bond donors (Lipinski definition) is 0. The number of alkyl halides is 1. The van der Waals surface area contributed by atoms with Crippen molar-refractivity contribution in [3.8, 4) is 0 Å². The second-order valence-electron chi connectivity index (χ2n) is 6.55. The number of aromatic nitrogens is 1. The predicted molar refractivity (Wildman–Crippen MR) is 84.0 cm³/mol. The van der Waals surface area contributed by atoms with Gasteiger partial charge in [0.05, 0.1) is 5.52 Å². The molecule has 1 heterocycles. The van der Waals surface area contributed by atoms with Crippen LogP contribution in [0.5, 0.6) is 0 Å². The summed E-state index contributed by atoms with van der Waals surface area (Å²) in [5.74, 6) is 2.59. The van der Waals surface area contributed by atoms with E-state index in [9.17, 15) is 0 Å². The van der Waals surface area contributed by atoms with Gasteiger partial charge >= 0.3 is 0 Å². The van der Waals surface area contributed by atoms with Crippen molar-refractivity contribution in [2.75, 3.05) is 0 Å². The zero-order valence-electron chi connectivity index (χ0n) is 11.6. The lowest BCUT2D eigenvalue weighted by Gasteiger charge is -2.26. The number of hydrogen-bond acceptors (Lipinski definition) is 1. The van der Waals surface area contributed by atoms with Gasteiger partial charge in [0.2, 0.25) is 0 Å². The molecule has 0 saturated heterocycles. The van der Waals surface area contributed by atoms with Crippen molar-refractivity contribution in [3.05, 3.63) is 42.1 Å². The molecule has 4 rings (SSSR count). The van der Waals surface area contributed by atoms with Gasteiger partial charge in [-0.1, -0.05) is 30.7 Å². The Bertz CT molecular complexity index is 624. The number of pyridine rings is 1. The zero-order chi connectivity index (χ0) is 13.5. The molecule has 2 aromatic rings. The molecule has 2 aliphatic carbocycles. The Hall–Kier alpha value is -1.08. The molecule has 104 valence electrons. The molecule has 1 aromatic carbocycles. The van der Waals surface area contributed by atoms with Crippen molar-refractivity contribution in [1.82, 2.24) is 4.98 Å². The fourth-order valence-corrected chi connectivity index (χ4v) is 4.78. The van der Waals surface area contributed by atoms with E-state index in [0.29, 0.717) is 0 Å². The van der Waals surface area contributed by atoms with E-state index in [2.05, 4.69) is 30.3 Å². The van der Waals surface area contributed by atoms with Crippen LogP contribution in [0, 0.1) is 17.8 Å². The van der Waals surface area contributed by atoms with Crippen molar-refractivity contribution < 1.29 is 0 Å². The number of nitrogens with zero attached hydrogens (tertiary/aromatic N) is 1. The van der Waals surface area contributed by atoms with Gasteiger partial charge in [-0.25, -0.2) is 0 Å². The summed E-state index contributed by atoms with van der Waals surface area (Å²) in [5.41, 5.74) is 2.23. The lowest BCUT2D eigenvalue weighted by molar-refractivity contribution is 0.319. The monoisotopic (exact) mass is 285 g/mol. The third-order valence-electron chi connectivity index (χ3n) is 5.32. The average Bonchev–Trinajstić information content (AvgIpc) is 3.10. The fourth-order valence-electron chi connectivity index (χ4n) is 4.31. The summed E-state index contributed by atoms with van der Waals surface area (Å²) in [7, 11) is 0. The number of para-hydroxylation sites is 1. The molecule has 0 amide bonds. The highest BCUT2D eigenvalue weighted by atomic mass is 35.5. The fraction of sp³-hybridized carbons (Fsp3) is 0.500. The second kappa shape index (κ2) is 5.04. The number of halogens is 1. The minimum atomic E-state index is 0.263. The minimum absolute atomic E-state index is 0.263. The van der Waals surface area contributed by atoms with E-state index in [1.165, 1.54) is 31.1 Å². The van der Waals surface area contributed by atoms with Gasteiger partial charge in [0, 0.05) is 22.9 Å². The van der Waals surface area contributed by atoms with E-state index in [4.69, 9.17) is 16.6 Å². The van der Waals surface area contributed by atoms with Gasteiger partial charge in [-0.2, -0.15) is 0 Å². The summed E-state index contributed by atoms with van der Waals surface area (Å²) in [4.78, 5) is 4.76. The van der Waals surface area contributed by atoms with Gasteiger partial charge in [0.1, 0.15) is 0 Å². The van der Waals surface area contributed by atoms with Gasteiger partial charge in [-0.3, -0.25) is 4.98 Å². The molecule has 0 aliphatic heterocycles. The van der Waals surface area contributed by atoms with E-state index < -0.39 is 0 Å². The Morgan fingerprint density at radius 3 is 2.80 bits per heavy atom. The van der Waals surface area contributed by atoms with Crippen LogP contribution in [0.15, 0.2) is 36.4 Å². The van der Waals surface area contributed by atoms with Crippen LogP contribution < -0.4 is 0 Å². The van der Waals surface area contributed by atoms with E-state index in [1.807, 2.05) is 6.07 Å². The second-order valence-corrected chi connectivity index (χ2v) is 7.11. The number of fused-ring (bicyclic) bond motifs is 3. The normalized spacial score (nSPS) is 29.9. The molecule has 0 spiro atoms. The Kier molecular flexibility index (Phi) is 3.18. The quantitative estimate of drug-likeness (QED) is 0.737. The van der Waals surface area contributed by atoms with Crippen LogP contribution >= 0.6 is 11.6 Å². The first kappa shape index (κ1) is 12.6. The molecule has 1 aromatic heterocycles. The summed E-state index contributed by atoms with van der Waals surface area (Å²) in [5, 5.41) is 1.47. The Labute approximate surface area is 125 Å².